The molecule has 0 radical (unpaired) electrons. The molecular formula is C98H66B2N6. The average Bonchev–Trinajstić information content (AvgIpc) is 0.683. The van der Waals surface area contributed by atoms with Crippen LogP contribution in [-0.4, -0.2) is 13.4 Å². The molecule has 17 aromatic carbocycles. The minimum atomic E-state index is -0.216. The molecule has 0 saturated carbocycles. The van der Waals surface area contributed by atoms with E-state index < -0.39 is 0 Å². The van der Waals surface area contributed by atoms with E-state index in [1.54, 1.807) is 0 Å². The van der Waals surface area contributed by atoms with Gasteiger partial charge in [-0.2, -0.15) is 0 Å². The van der Waals surface area contributed by atoms with Gasteiger partial charge in [-0.1, -0.05) is 261 Å². The van der Waals surface area contributed by atoms with Crippen molar-refractivity contribution in [3.05, 3.63) is 400 Å². The molecule has 106 heavy (non-hydrogen) atoms. The zero-order valence-corrected chi connectivity index (χ0v) is 57.9. The molecular weight excluding hydrogens is 1280 g/mol. The summed E-state index contributed by atoms with van der Waals surface area (Å²) in [6.07, 6.45) is 0. The first-order chi connectivity index (χ1) is 52.7. The molecule has 4 aliphatic rings. The number of hydrogen-bond acceptors (Lipinski definition) is 6. The van der Waals surface area contributed by atoms with Gasteiger partial charge in [-0.25, -0.2) is 0 Å². The maximum atomic E-state index is 2.65. The van der Waals surface area contributed by atoms with Crippen LogP contribution >= 0.6 is 0 Å². The highest BCUT2D eigenvalue weighted by molar-refractivity contribution is 7.03. The van der Waals surface area contributed by atoms with Gasteiger partial charge in [-0.05, 0) is 216 Å². The van der Waals surface area contributed by atoms with Crippen LogP contribution in [0.1, 0.15) is 0 Å². The minimum absolute atomic E-state index is 0.198. The van der Waals surface area contributed by atoms with Crippen LogP contribution in [0.4, 0.5) is 102 Å². The lowest BCUT2D eigenvalue weighted by Crippen LogP contribution is -2.65. The molecule has 0 saturated heterocycles. The zero-order valence-electron chi connectivity index (χ0n) is 57.9. The van der Waals surface area contributed by atoms with Gasteiger partial charge in [0.05, 0.1) is 11.4 Å². The van der Waals surface area contributed by atoms with E-state index in [4.69, 9.17) is 0 Å². The molecule has 0 N–H and O–H groups in total. The fourth-order valence-electron chi connectivity index (χ4n) is 17.8. The fraction of sp³-hybridized carbons (Fsp3) is 0. The Morgan fingerprint density at radius 1 is 0.179 bits per heavy atom. The second-order valence-electron chi connectivity index (χ2n) is 27.9. The molecule has 0 aliphatic carbocycles. The van der Waals surface area contributed by atoms with E-state index in [0.29, 0.717) is 0 Å². The molecule has 0 bridgehead atoms. The van der Waals surface area contributed by atoms with Gasteiger partial charge in [0.15, 0.2) is 0 Å². The largest absolute Gasteiger partial charge is 0.311 e. The van der Waals surface area contributed by atoms with Crippen molar-refractivity contribution in [1.82, 2.24) is 0 Å². The maximum Gasteiger partial charge on any atom is 0.252 e. The molecule has 8 heteroatoms. The van der Waals surface area contributed by atoms with Crippen LogP contribution in [0.15, 0.2) is 400 Å². The van der Waals surface area contributed by atoms with Crippen LogP contribution in [0.25, 0.3) is 43.8 Å². The fourth-order valence-corrected chi connectivity index (χ4v) is 17.8. The Hall–Kier alpha value is -13.8. The SMILES string of the molecule is c1ccc(-c2c3ccccc3c(-c3ccc(N4c5cc6c(cc5B5c7ccccc7N(c7ccccc7)c7cc(N(c8ccccc8)c8ccccc8)cc4c75)B4c5ccccc5N(c5ccccc5)c5cc(N(c7ccccc7)c7ccccc7)cc(c54)N6c4ccccc4)cc3)c3ccccc23)cc1. The van der Waals surface area contributed by atoms with Crippen molar-refractivity contribution in [1.29, 1.82) is 0 Å². The predicted octanol–water partition coefficient (Wildman–Crippen LogP) is 22.4. The molecule has 21 rings (SSSR count). The third-order valence-electron chi connectivity index (χ3n) is 22.1. The Balaban J connectivity index is 0.876. The Labute approximate surface area is 618 Å². The van der Waals surface area contributed by atoms with Crippen LogP contribution in [0.5, 0.6) is 0 Å². The summed E-state index contributed by atoms with van der Waals surface area (Å²) in [4.78, 5) is 15.1. The summed E-state index contributed by atoms with van der Waals surface area (Å²) in [5.41, 5.74) is 31.9. The first kappa shape index (κ1) is 60.9. The smallest absolute Gasteiger partial charge is 0.252 e. The van der Waals surface area contributed by atoms with Gasteiger partial charge in [0.25, 0.3) is 13.4 Å². The Kier molecular flexibility index (Phi) is 14.4. The summed E-state index contributed by atoms with van der Waals surface area (Å²) < 4.78 is 0. The first-order valence-corrected chi connectivity index (χ1v) is 36.6. The number of rotatable bonds is 12. The van der Waals surface area contributed by atoms with Crippen LogP contribution in [-0.2, 0) is 0 Å². The van der Waals surface area contributed by atoms with E-state index in [-0.39, 0.29) is 13.4 Å². The Morgan fingerprint density at radius 3 is 0.783 bits per heavy atom. The quantitative estimate of drug-likeness (QED) is 0.0891. The normalized spacial score (nSPS) is 12.8. The van der Waals surface area contributed by atoms with Gasteiger partial charge in [0, 0.05) is 91.0 Å². The molecule has 0 atom stereocenters. The van der Waals surface area contributed by atoms with Crippen molar-refractivity contribution in [2.45, 2.75) is 0 Å². The molecule has 4 aliphatic heterocycles. The summed E-state index contributed by atoms with van der Waals surface area (Å²) in [6, 6.07) is 149. The zero-order chi connectivity index (χ0) is 69.8. The van der Waals surface area contributed by atoms with E-state index in [0.717, 1.165) is 108 Å². The molecule has 0 aromatic heterocycles. The second-order valence-corrected chi connectivity index (χ2v) is 27.9. The van der Waals surface area contributed by atoms with Crippen LogP contribution < -0.4 is 62.2 Å². The van der Waals surface area contributed by atoms with E-state index in [1.165, 1.54) is 71.0 Å². The number of benzene rings is 17. The van der Waals surface area contributed by atoms with Crippen LogP contribution in [0, 0.1) is 0 Å². The standard InChI is InChI=1S/C98H66B2N6/c1-9-33-67(34-10-1)95-79-49-25-27-51-81(79)96(82-52-28-26-50-80(82)95)68-57-59-76(60-58-68)106-90-66-89-85(65-86(90)100-84-54-30-32-56-88(84)104(74-45-21-7-22-46-74)92-62-78(64-94(106)98(92)100)102(71-39-15-4-16-40-71)72-41-17-5-18-42-72)99-83-53-29-31-55-87(83)103(73-43-19-6-20-44-73)91-61-77(63-93(97(91)99)105(89)75-47-23-8-24-48-75)101(69-35-11-2-12-36-69)70-37-13-3-14-38-70/h1-66H. The van der Waals surface area contributed by atoms with Gasteiger partial charge in [0.2, 0.25) is 0 Å². The first-order valence-electron chi connectivity index (χ1n) is 36.6. The van der Waals surface area contributed by atoms with E-state index in [9.17, 15) is 0 Å². The highest BCUT2D eigenvalue weighted by Crippen LogP contribution is 2.53. The highest BCUT2D eigenvalue weighted by atomic mass is 15.2. The van der Waals surface area contributed by atoms with Crippen molar-refractivity contribution in [3.63, 3.8) is 0 Å². The topological polar surface area (TPSA) is 19.4 Å². The lowest BCUT2D eigenvalue weighted by Gasteiger charge is -2.48. The molecule has 4 heterocycles. The lowest BCUT2D eigenvalue weighted by atomic mass is 9.30. The van der Waals surface area contributed by atoms with E-state index in [1.807, 2.05) is 0 Å². The van der Waals surface area contributed by atoms with E-state index >= 15 is 0 Å². The van der Waals surface area contributed by atoms with Gasteiger partial charge < -0.3 is 29.4 Å². The third kappa shape index (κ3) is 9.68. The number of anilines is 18. The monoisotopic (exact) mass is 1350 g/mol. The third-order valence-corrected chi connectivity index (χ3v) is 22.1. The van der Waals surface area contributed by atoms with Crippen molar-refractivity contribution < 1.29 is 0 Å². The maximum absolute atomic E-state index is 2.65. The van der Waals surface area contributed by atoms with Crippen molar-refractivity contribution in [2.24, 2.45) is 0 Å². The molecule has 0 spiro atoms. The van der Waals surface area contributed by atoms with Crippen molar-refractivity contribution in [3.8, 4) is 22.3 Å². The highest BCUT2D eigenvalue weighted by Gasteiger charge is 2.49. The van der Waals surface area contributed by atoms with Gasteiger partial charge >= 0.3 is 0 Å². The van der Waals surface area contributed by atoms with E-state index in [2.05, 4.69) is 430 Å². The van der Waals surface area contributed by atoms with Crippen LogP contribution in [0.2, 0.25) is 0 Å². The minimum Gasteiger partial charge on any atom is -0.311 e. The molecule has 17 aromatic rings. The summed E-state index contributed by atoms with van der Waals surface area (Å²) in [5, 5.41) is 4.89. The number of nitrogens with zero attached hydrogens (tertiary/aromatic N) is 6. The van der Waals surface area contributed by atoms with Crippen molar-refractivity contribution in [2.75, 3.05) is 29.4 Å². The number of hydrogen-bond donors (Lipinski definition) is 0. The summed E-state index contributed by atoms with van der Waals surface area (Å²) in [5.74, 6) is 0. The Bertz CT molecular complexity index is 6100. The molecule has 0 unspecified atom stereocenters. The van der Waals surface area contributed by atoms with Crippen LogP contribution in [0.3, 0.4) is 0 Å². The molecule has 0 amide bonds. The number of fused-ring (bicyclic) bond motifs is 10. The summed E-state index contributed by atoms with van der Waals surface area (Å²) in [6.45, 7) is -0.414. The molecule has 6 nitrogen and oxygen atoms in total. The summed E-state index contributed by atoms with van der Waals surface area (Å²) in [7, 11) is 0. The van der Waals surface area contributed by atoms with Gasteiger partial charge in [-0.15, -0.1) is 0 Å². The lowest BCUT2D eigenvalue weighted by molar-refractivity contribution is 1.21. The predicted molar refractivity (Wildman–Crippen MR) is 450 cm³/mol. The van der Waals surface area contributed by atoms with Gasteiger partial charge in [0.1, 0.15) is 0 Å². The van der Waals surface area contributed by atoms with Gasteiger partial charge in [-0.3, -0.25) is 0 Å². The number of para-hydroxylation sites is 9. The average molecular weight is 1350 g/mol. The second kappa shape index (κ2) is 25.0. The molecule has 494 valence electrons. The Morgan fingerprint density at radius 2 is 0.443 bits per heavy atom. The molecule has 0 fully saturated rings. The summed E-state index contributed by atoms with van der Waals surface area (Å²) >= 11 is 0. The van der Waals surface area contributed by atoms with Crippen molar-refractivity contribution >= 4 is 170 Å².